The van der Waals surface area contributed by atoms with Gasteiger partial charge in [-0.15, -0.1) is 12.6 Å². The van der Waals surface area contributed by atoms with E-state index < -0.39 is 79.9 Å². The molecule has 7 rings (SSSR count). The summed E-state index contributed by atoms with van der Waals surface area (Å²) in [5, 5.41) is 0. The number of benzene rings is 2. The molecule has 4 aliphatic rings. The van der Waals surface area contributed by atoms with Crippen LogP contribution in [0.5, 0.6) is 0 Å². The number of anilines is 2. The highest BCUT2D eigenvalue weighted by Crippen LogP contribution is 2.66. The van der Waals surface area contributed by atoms with Crippen molar-refractivity contribution in [1.82, 2.24) is 9.97 Å². The average molecular weight is 1470 g/mol. The molecule has 3 aromatic rings. The number of carbonyl (C=O) groups excluding carboxylic acids is 2. The maximum absolute atomic E-state index is 13.2. The Morgan fingerprint density at radius 1 is 0.895 bits per heavy atom. The van der Waals surface area contributed by atoms with Gasteiger partial charge in [-0.1, -0.05) is 124 Å². The van der Waals surface area contributed by atoms with E-state index in [1.54, 1.807) is 33.9 Å². The first-order chi connectivity index (χ1) is 44.8. The third kappa shape index (κ3) is 24.5. The topological polar surface area (TPSA) is 351 Å². The van der Waals surface area contributed by atoms with Gasteiger partial charge in [0, 0.05) is 110 Å². The number of phosphoric ester groups is 1. The number of carbonyl (C=O) groups is 2. The normalized spacial score (nSPS) is 20.6. The van der Waals surface area contributed by atoms with Gasteiger partial charge in [0.05, 0.1) is 41.4 Å². The fourth-order valence-corrected chi connectivity index (χ4v) is 17.1. The summed E-state index contributed by atoms with van der Waals surface area (Å²) < 4.78 is 93.7. The molecule has 7 atom stereocenters. The summed E-state index contributed by atoms with van der Waals surface area (Å²) in [6.45, 7) is 15.3. The predicted octanol–water partition coefficient (Wildman–Crippen LogP) is 11.1. The quantitative estimate of drug-likeness (QED) is 0.00594. The number of unbranched alkanes of at least 4 members (excludes halogenated alkanes) is 5. The van der Waals surface area contributed by atoms with Gasteiger partial charge in [0.2, 0.25) is 11.6 Å². The van der Waals surface area contributed by atoms with Gasteiger partial charge in [-0.25, -0.2) is 18.7 Å². The van der Waals surface area contributed by atoms with Crippen molar-refractivity contribution in [2.45, 2.75) is 166 Å². The molecule has 0 radical (unpaired) electrons. The summed E-state index contributed by atoms with van der Waals surface area (Å²) in [4.78, 5) is 85.5. The van der Waals surface area contributed by atoms with E-state index in [0.29, 0.717) is 43.2 Å². The molecule has 0 amide bonds. The lowest BCUT2D eigenvalue weighted by Gasteiger charge is -2.25. The zero-order valence-corrected chi connectivity index (χ0v) is 61.1. The number of nitrogens with one attached hydrogen (secondary N) is 1. The van der Waals surface area contributed by atoms with Crippen molar-refractivity contribution < 1.29 is 87.4 Å². The second kappa shape index (κ2) is 37.2. The minimum Gasteiger partial charge on any atom is -0.370 e. The van der Waals surface area contributed by atoms with Gasteiger partial charge in [-0.05, 0) is 101 Å². The summed E-state index contributed by atoms with van der Waals surface area (Å²) in [5.74, 6) is 7.07. The van der Waals surface area contributed by atoms with Gasteiger partial charge in [0.1, 0.15) is 30.2 Å². The lowest BCUT2D eigenvalue weighted by atomic mass is 9.81. The van der Waals surface area contributed by atoms with Crippen LogP contribution in [0.2, 0.25) is 0 Å². The van der Waals surface area contributed by atoms with Crippen LogP contribution in [0.15, 0.2) is 89.4 Å². The number of ether oxygens (including phenoxy) is 3. The Labute approximate surface area is 572 Å². The first kappa shape index (κ1) is 79.6. The van der Waals surface area contributed by atoms with Crippen LogP contribution >= 0.6 is 45.1 Å². The Kier molecular flexibility index (Phi) is 31.1. The summed E-state index contributed by atoms with van der Waals surface area (Å²) in [6.07, 6.45) is 21.1. The first-order valence-electron chi connectivity index (χ1n) is 31.1. The van der Waals surface area contributed by atoms with Crippen molar-refractivity contribution >= 4 is 116 Å². The molecule has 32 heteroatoms. The van der Waals surface area contributed by atoms with E-state index in [1.807, 2.05) is 0 Å². The van der Waals surface area contributed by atoms with E-state index >= 15 is 0 Å². The molecule has 1 fully saturated rings. The van der Waals surface area contributed by atoms with E-state index in [-0.39, 0.29) is 59.0 Å². The van der Waals surface area contributed by atoms with Crippen molar-refractivity contribution in [2.24, 2.45) is 0 Å². The number of hydrogen-bond acceptors (Lipinski definition) is 21. The summed E-state index contributed by atoms with van der Waals surface area (Å²) in [7, 11) is -17.2. The van der Waals surface area contributed by atoms with Crippen LogP contribution in [-0.4, -0.2) is 133 Å². The monoisotopic (exact) mass is 1470 g/mol. The molecule has 0 spiro atoms. The van der Waals surface area contributed by atoms with Crippen LogP contribution in [0.25, 0.3) is 5.57 Å². The Bertz CT molecular complexity index is 3800. The molecule has 0 saturated carbocycles. The number of allylic oxidation sites excluding steroid dienone is 7. The average Bonchev–Trinajstić information content (AvgIpc) is 1.62. The molecule has 522 valence electrons. The molecule has 7 N–H and O–H groups in total. The van der Waals surface area contributed by atoms with E-state index in [9.17, 15) is 37.9 Å². The SMILES string of the molecule is CCN1\C(=C/C=C/C=C/C2=[N+](CCCCCC(=O)CCCSSCOCCCCCCC(=O)CCC#CC3=CC([C@H]4C[C@H](OCS(C)=S)[C@@H](COP(=O)(O)OP(=O)(O)OP(=O)(O)O)O4)c4nc(N)[nH]c(=O)c43)c3ccc(C)cc3C2(C)C)C(C)(C)c2ccccc21.O=S(=O)=O. The molecule has 95 heavy (non-hydrogen) atoms. The number of Topliss-reactive ketones (excluding diaryl/α,β-unsaturated/α-hetero) is 2. The summed E-state index contributed by atoms with van der Waals surface area (Å²) in [5.41, 5.74) is 15.1. The molecular formula is C63H87N5O19P3S5+. The van der Waals surface area contributed by atoms with Crippen LogP contribution in [0, 0.1) is 18.8 Å². The standard InChI is InChI=1S/C63H86N5O16P3S4.O3S/c1-8-67-51-30-20-19-29-49(51)62(3,4)56(67)31-15-11-16-32-57-63(5,6)50-38-44(2)33-34-52(50)68(57)35-21-12-14-26-47(70)28-23-37-89-90-42-79-36-22-10-9-13-25-46(69)27-18-17-24-45-39-48(59-58(45)60(71)66-61(64)65-59)53-40-54(80-43-91(7)88)55(82-53)41-81-86(75,76)84-87(77,78)83-85(72,73)74;1-4(2)3/h11,15-16,19-20,29-34,38-39,48,53-55H,8-10,12-14,18,21-23,25-28,35-37,40-43H2,1-7H3,(H6-,64,65,66,71,72,73,74,75,76,77,78);/p+1/t48?,53-,54+,55-,91?;/m1./s1. The fourth-order valence-electron chi connectivity index (χ4n) is 11.8. The molecule has 24 nitrogen and oxygen atoms in total. The zero-order valence-electron chi connectivity index (χ0n) is 54.4. The number of phosphoric acid groups is 3. The molecule has 0 bridgehead atoms. The number of para-hydroxylation sites is 1. The number of aromatic nitrogens is 2. The van der Waals surface area contributed by atoms with Crippen molar-refractivity contribution in [3.05, 3.63) is 123 Å². The van der Waals surface area contributed by atoms with Crippen LogP contribution < -0.4 is 16.2 Å². The Morgan fingerprint density at radius 2 is 1.58 bits per heavy atom. The van der Waals surface area contributed by atoms with Crippen LogP contribution in [0.1, 0.15) is 158 Å². The number of nitrogens with zero attached hydrogens (tertiary/aromatic N) is 3. The second-order valence-electron chi connectivity index (χ2n) is 24.0. The number of fused-ring (bicyclic) bond motifs is 3. The number of nitrogens with two attached hydrogens (primary N) is 1. The Hall–Kier alpha value is -4.37. The number of nitrogen functional groups attached to an aromatic ring is 1. The highest BCUT2D eigenvalue weighted by Gasteiger charge is 2.47. The molecule has 2 aromatic carbocycles. The fraction of sp³-hybridized carbons (Fsp3) is 0.540. The minimum atomic E-state index is -5.76. The van der Waals surface area contributed by atoms with Crippen molar-refractivity contribution in [3.63, 3.8) is 0 Å². The van der Waals surface area contributed by atoms with Crippen molar-refractivity contribution in [1.29, 1.82) is 0 Å². The van der Waals surface area contributed by atoms with E-state index in [4.69, 9.17) is 58.1 Å². The maximum Gasteiger partial charge on any atom is 0.490 e. The maximum atomic E-state index is 13.2. The smallest absolute Gasteiger partial charge is 0.370 e. The Morgan fingerprint density at radius 3 is 2.28 bits per heavy atom. The van der Waals surface area contributed by atoms with Crippen LogP contribution in [-0.2, 0) is 92.7 Å². The van der Waals surface area contributed by atoms with Crippen LogP contribution in [0.3, 0.4) is 0 Å². The largest absolute Gasteiger partial charge is 0.490 e. The minimum absolute atomic E-state index is 0.0690. The zero-order chi connectivity index (χ0) is 69.7. The van der Waals surface area contributed by atoms with Gasteiger partial charge < -0.3 is 44.4 Å². The number of rotatable bonds is 37. The molecule has 1 aromatic heterocycles. The van der Waals surface area contributed by atoms with Crippen LogP contribution in [0.4, 0.5) is 17.3 Å². The third-order valence-corrected chi connectivity index (χ3v) is 22.9. The van der Waals surface area contributed by atoms with Gasteiger partial charge in [0.15, 0.2) is 5.71 Å². The van der Waals surface area contributed by atoms with Gasteiger partial charge in [0.25, 0.3) is 5.56 Å². The van der Waals surface area contributed by atoms with Crippen molar-refractivity contribution in [3.8, 4) is 11.8 Å². The molecule has 4 heterocycles. The highest BCUT2D eigenvalue weighted by molar-refractivity contribution is 8.76. The number of aromatic amines is 1. The number of hydrogen-bond donors (Lipinski definition) is 6. The number of aryl methyl sites for hydroxylation is 1. The second-order valence-corrected chi connectivity index (χ2v) is 34.5. The third-order valence-electron chi connectivity index (χ3n) is 16.2. The van der Waals surface area contributed by atoms with E-state index in [1.165, 1.54) is 39.5 Å². The predicted molar refractivity (Wildman–Crippen MR) is 375 cm³/mol. The molecule has 3 aliphatic heterocycles. The van der Waals surface area contributed by atoms with E-state index in [2.05, 4.69) is 154 Å². The molecular weight excluding hydrogens is 1380 g/mol. The lowest BCUT2D eigenvalue weighted by Crippen LogP contribution is -2.30. The molecule has 4 unspecified atom stereocenters. The molecule has 1 saturated heterocycles. The van der Waals surface area contributed by atoms with Gasteiger partial charge >= 0.3 is 34.1 Å². The van der Waals surface area contributed by atoms with Gasteiger partial charge in [-0.3, -0.25) is 23.9 Å². The summed E-state index contributed by atoms with van der Waals surface area (Å²) >= 11 is 5.26. The van der Waals surface area contributed by atoms with E-state index in [0.717, 1.165) is 70.2 Å². The molecule has 1 aliphatic carbocycles. The number of H-pyrrole nitrogens is 1. The summed E-state index contributed by atoms with van der Waals surface area (Å²) in [6, 6.07) is 15.5. The number of ketones is 2. The number of likely N-dealkylation sites (N-methyl/N-ethyl adjacent to an activating group) is 1. The van der Waals surface area contributed by atoms with Crippen molar-refractivity contribution in [2.75, 3.05) is 60.8 Å². The highest BCUT2D eigenvalue weighted by atomic mass is 33.1. The van der Waals surface area contributed by atoms with Gasteiger partial charge in [-0.2, -0.15) is 13.2 Å². The first-order valence-corrected chi connectivity index (χ1v) is 41.8. The Balaban J connectivity index is 0.00000347. The lowest BCUT2D eigenvalue weighted by molar-refractivity contribution is -0.438.